The lowest BCUT2D eigenvalue weighted by Crippen LogP contribution is -2.47. The van der Waals surface area contributed by atoms with E-state index >= 15 is 0 Å². The molecule has 2 aliphatic rings. The largest absolute Gasteiger partial charge is 0.453 e. The fourth-order valence-corrected chi connectivity index (χ4v) is 5.68. The summed E-state index contributed by atoms with van der Waals surface area (Å²) in [6.45, 7) is 4.43. The van der Waals surface area contributed by atoms with Crippen molar-refractivity contribution in [2.24, 2.45) is 0 Å². The van der Waals surface area contributed by atoms with Crippen molar-refractivity contribution in [3.8, 4) is 22.4 Å². The van der Waals surface area contributed by atoms with Crippen LogP contribution in [-0.2, 0) is 22.3 Å². The van der Waals surface area contributed by atoms with Gasteiger partial charge in [-0.25, -0.2) is 9.78 Å². The fraction of sp³-hybridized carbons (Fsp3) is 0.406. The summed E-state index contributed by atoms with van der Waals surface area (Å²) in [5.41, 5.74) is 2.90. The van der Waals surface area contributed by atoms with E-state index in [2.05, 4.69) is 36.0 Å². The van der Waals surface area contributed by atoms with E-state index in [0.29, 0.717) is 18.0 Å². The molecular formula is C32H38F3N7O3. The molecule has 1 unspecified atom stereocenters. The molecule has 240 valence electrons. The van der Waals surface area contributed by atoms with Crippen LogP contribution in [0.2, 0.25) is 0 Å². The van der Waals surface area contributed by atoms with Gasteiger partial charge in [0.2, 0.25) is 5.91 Å². The number of hydrogen-bond donors (Lipinski definition) is 5. The first-order valence-electron chi connectivity index (χ1n) is 15.0. The Hall–Kier alpha value is -4.52. The van der Waals surface area contributed by atoms with Gasteiger partial charge in [-0.2, -0.15) is 13.2 Å². The maximum Gasteiger partial charge on any atom is 0.435 e. The molecule has 5 rings (SSSR count). The number of imidazole rings is 1. The molecule has 2 amide bonds. The highest BCUT2D eigenvalue weighted by Gasteiger charge is 2.38. The summed E-state index contributed by atoms with van der Waals surface area (Å²) in [7, 11) is 1.18. The van der Waals surface area contributed by atoms with E-state index in [-0.39, 0.29) is 30.8 Å². The number of carbonyl (C=O) groups is 2. The molecule has 3 aromatic rings. The van der Waals surface area contributed by atoms with Crippen molar-refractivity contribution in [3.63, 3.8) is 0 Å². The third kappa shape index (κ3) is 7.42. The van der Waals surface area contributed by atoms with Crippen molar-refractivity contribution in [2.45, 2.75) is 64.1 Å². The summed E-state index contributed by atoms with van der Waals surface area (Å²) < 4.78 is 46.8. The van der Waals surface area contributed by atoms with Crippen LogP contribution >= 0.6 is 0 Å². The maximum absolute atomic E-state index is 14.1. The lowest BCUT2D eigenvalue weighted by atomic mass is 10.0. The first-order chi connectivity index (χ1) is 21.6. The Balaban J connectivity index is 1.31. The van der Waals surface area contributed by atoms with Crippen molar-refractivity contribution >= 4 is 17.7 Å². The molecule has 2 aromatic carbocycles. The number of benzene rings is 2. The second-order valence-corrected chi connectivity index (χ2v) is 11.2. The van der Waals surface area contributed by atoms with Crippen LogP contribution in [0.5, 0.6) is 0 Å². The Labute approximate surface area is 259 Å². The number of methoxy groups -OCH3 is 1. The topological polar surface area (TPSA) is 123 Å². The second kappa shape index (κ2) is 13.6. The van der Waals surface area contributed by atoms with Crippen LogP contribution in [0.25, 0.3) is 28.1 Å². The molecule has 5 N–H and O–H groups in total. The number of carbonyl (C=O) groups excluding carboxylic acids is 2. The Bertz CT molecular complexity index is 1510. The number of halogens is 3. The van der Waals surface area contributed by atoms with Gasteiger partial charge >= 0.3 is 12.3 Å². The number of nitrogens with one attached hydrogen (secondary N) is 5. The zero-order chi connectivity index (χ0) is 32.1. The highest BCUT2D eigenvalue weighted by molar-refractivity contribution is 5.85. The third-order valence-electron chi connectivity index (χ3n) is 7.98. The number of alkyl carbamates (subject to hydrolysis) is 1. The van der Waals surface area contributed by atoms with Gasteiger partial charge in [0.15, 0.2) is 5.69 Å². The van der Waals surface area contributed by atoms with Crippen LogP contribution in [0.15, 0.2) is 54.7 Å². The molecular weight excluding hydrogens is 587 g/mol. The Kier molecular flexibility index (Phi) is 9.66. The Morgan fingerprint density at radius 3 is 2.29 bits per heavy atom. The Morgan fingerprint density at radius 2 is 1.71 bits per heavy atom. The molecule has 2 aliphatic heterocycles. The number of H-pyrrole nitrogens is 1. The number of alkyl halides is 3. The van der Waals surface area contributed by atoms with Gasteiger partial charge in [0, 0.05) is 24.4 Å². The first kappa shape index (κ1) is 31.9. The summed E-state index contributed by atoms with van der Waals surface area (Å²) in [6, 6.07) is 14.2. The number of aromatic amines is 1. The van der Waals surface area contributed by atoms with E-state index in [1.54, 1.807) is 24.3 Å². The summed E-state index contributed by atoms with van der Waals surface area (Å²) >= 11 is 0. The highest BCUT2D eigenvalue weighted by atomic mass is 19.4. The second-order valence-electron chi connectivity index (χ2n) is 11.2. The third-order valence-corrected chi connectivity index (χ3v) is 7.98. The molecule has 1 fully saturated rings. The van der Waals surface area contributed by atoms with Crippen LogP contribution in [0.3, 0.4) is 0 Å². The van der Waals surface area contributed by atoms with E-state index in [0.717, 1.165) is 35.4 Å². The van der Waals surface area contributed by atoms with Crippen LogP contribution < -0.4 is 21.3 Å². The van der Waals surface area contributed by atoms with Gasteiger partial charge in [-0.3, -0.25) is 4.79 Å². The lowest BCUT2D eigenvalue weighted by Gasteiger charge is -2.24. The normalized spacial score (nSPS) is 18.5. The van der Waals surface area contributed by atoms with Crippen molar-refractivity contribution in [2.75, 3.05) is 20.2 Å². The van der Waals surface area contributed by atoms with Crippen molar-refractivity contribution < 1.29 is 27.5 Å². The zero-order valence-electron chi connectivity index (χ0n) is 25.4. The predicted octanol–water partition coefficient (Wildman–Crippen LogP) is 4.81. The SMILES string of the molecule is CCCN(Cc1nc(C(F)(F)F)c(-c2ccc(-c3ccc(C4=CNC([C@@H]5CCCN5)N4)cc3)cc2)[nH]1)C(=O)[C@H](C)NC(=O)OC. The molecule has 0 spiro atoms. The van der Waals surface area contributed by atoms with Crippen LogP contribution in [0, 0.1) is 0 Å². The number of ether oxygens (including phenoxy) is 1. The number of nitrogens with zero attached hydrogens (tertiary/aromatic N) is 2. The molecule has 0 aliphatic carbocycles. The molecule has 10 nitrogen and oxygen atoms in total. The summed E-state index contributed by atoms with van der Waals surface area (Å²) in [6.07, 6.45) is -0.508. The molecule has 0 radical (unpaired) electrons. The summed E-state index contributed by atoms with van der Waals surface area (Å²) in [4.78, 5) is 32.5. The standard InChI is InChI=1S/C32H38F3N7O3/c1-4-16-42(30(43)19(2)38-31(44)45-3)18-26-40-27(28(41-26)32(33,34)35)23-13-9-21(10-14-23)20-7-11-22(12-8-20)25-17-37-29(39-25)24-6-5-15-36-24/h7-14,17,19,24,29,36-37,39H,4-6,15-16,18H2,1-3H3,(H,38,44)(H,40,41)/t19-,24-,29?/m0/s1. The lowest BCUT2D eigenvalue weighted by molar-refractivity contribution is -0.140. The molecule has 45 heavy (non-hydrogen) atoms. The molecule has 1 saturated heterocycles. The minimum absolute atomic E-state index is 0.0145. The molecule has 0 saturated carbocycles. The molecule has 13 heteroatoms. The molecule has 3 atom stereocenters. The van der Waals surface area contributed by atoms with Crippen LogP contribution in [0.4, 0.5) is 18.0 Å². The minimum Gasteiger partial charge on any atom is -0.453 e. The minimum atomic E-state index is -4.72. The van der Waals surface area contributed by atoms with E-state index in [1.807, 2.05) is 37.4 Å². The van der Waals surface area contributed by atoms with Crippen molar-refractivity contribution in [1.82, 2.24) is 36.1 Å². The van der Waals surface area contributed by atoms with Crippen LogP contribution in [0.1, 0.15) is 50.2 Å². The van der Waals surface area contributed by atoms with E-state index < -0.39 is 29.9 Å². The van der Waals surface area contributed by atoms with Crippen LogP contribution in [-0.4, -0.2) is 65.3 Å². The monoisotopic (exact) mass is 625 g/mol. The van der Waals surface area contributed by atoms with Gasteiger partial charge in [0.25, 0.3) is 0 Å². The number of amides is 2. The van der Waals surface area contributed by atoms with E-state index in [9.17, 15) is 22.8 Å². The van der Waals surface area contributed by atoms with Gasteiger partial charge in [-0.05, 0) is 49.4 Å². The molecule has 3 heterocycles. The fourth-order valence-electron chi connectivity index (χ4n) is 5.68. The highest BCUT2D eigenvalue weighted by Crippen LogP contribution is 2.36. The first-order valence-corrected chi connectivity index (χ1v) is 15.0. The van der Waals surface area contributed by atoms with Crippen molar-refractivity contribution in [1.29, 1.82) is 0 Å². The van der Waals surface area contributed by atoms with E-state index in [4.69, 9.17) is 0 Å². The number of aromatic nitrogens is 2. The molecule has 0 bridgehead atoms. The van der Waals surface area contributed by atoms with Gasteiger partial charge in [-0.15, -0.1) is 0 Å². The molecule has 1 aromatic heterocycles. The number of rotatable bonds is 10. The number of hydrogen-bond acceptors (Lipinski definition) is 7. The summed E-state index contributed by atoms with van der Waals surface area (Å²) in [5, 5.41) is 12.8. The average molecular weight is 626 g/mol. The average Bonchev–Trinajstić information content (AvgIpc) is 3.82. The van der Waals surface area contributed by atoms with Gasteiger partial charge in [0.1, 0.15) is 18.0 Å². The quantitative estimate of drug-likeness (QED) is 0.219. The Morgan fingerprint density at radius 1 is 1.07 bits per heavy atom. The zero-order valence-corrected chi connectivity index (χ0v) is 25.4. The van der Waals surface area contributed by atoms with Crippen molar-refractivity contribution in [3.05, 3.63) is 71.8 Å². The van der Waals surface area contributed by atoms with Gasteiger partial charge in [0.05, 0.1) is 25.0 Å². The van der Waals surface area contributed by atoms with Gasteiger partial charge < -0.3 is 35.9 Å². The summed E-state index contributed by atoms with van der Waals surface area (Å²) in [5.74, 6) is -0.481. The predicted molar refractivity (Wildman–Crippen MR) is 164 cm³/mol. The maximum atomic E-state index is 14.1. The van der Waals surface area contributed by atoms with Gasteiger partial charge in [-0.1, -0.05) is 55.5 Å². The smallest absolute Gasteiger partial charge is 0.435 e. The van der Waals surface area contributed by atoms with E-state index in [1.165, 1.54) is 25.4 Å².